The normalized spacial score (nSPS) is 22.3. The van der Waals surface area contributed by atoms with Crippen LogP contribution in [0.2, 0.25) is 0 Å². The van der Waals surface area contributed by atoms with Crippen molar-refractivity contribution in [1.29, 1.82) is 0 Å². The molecule has 1 saturated carbocycles. The van der Waals surface area contributed by atoms with Crippen LogP contribution in [-0.2, 0) is 14.4 Å². The summed E-state index contributed by atoms with van der Waals surface area (Å²) in [6.07, 6.45) is 4.94. The lowest BCUT2D eigenvalue weighted by Gasteiger charge is -2.26. The Kier molecular flexibility index (Phi) is 3.59. The summed E-state index contributed by atoms with van der Waals surface area (Å²) in [6.45, 7) is 0. The topological polar surface area (TPSA) is 104 Å². The molecule has 2 rings (SSSR count). The van der Waals surface area contributed by atoms with E-state index in [2.05, 4.69) is 5.32 Å². The highest BCUT2D eigenvalue weighted by atomic mass is 16.2. The molecule has 7 nitrogen and oxygen atoms in total. The van der Waals surface area contributed by atoms with Crippen LogP contribution in [0.3, 0.4) is 0 Å². The van der Waals surface area contributed by atoms with Crippen LogP contribution in [-0.4, -0.2) is 29.8 Å². The number of barbiturate groups is 1. The highest BCUT2D eigenvalue weighted by Gasteiger charge is 2.40. The third-order valence-electron chi connectivity index (χ3n) is 3.21. The van der Waals surface area contributed by atoms with Crippen molar-refractivity contribution >= 4 is 23.8 Å². The largest absolute Gasteiger partial charge is 0.352 e. The van der Waals surface area contributed by atoms with Gasteiger partial charge in [-0.25, -0.2) is 4.79 Å². The van der Waals surface area contributed by atoms with Gasteiger partial charge in [-0.05, 0) is 12.8 Å². The van der Waals surface area contributed by atoms with Crippen LogP contribution >= 0.6 is 0 Å². The molecule has 18 heavy (non-hydrogen) atoms. The maximum absolute atomic E-state index is 11.8. The second-order valence-electron chi connectivity index (χ2n) is 4.58. The van der Waals surface area contributed by atoms with Gasteiger partial charge in [0.05, 0.1) is 0 Å². The van der Waals surface area contributed by atoms with Gasteiger partial charge in [0.25, 0.3) is 0 Å². The maximum atomic E-state index is 11.8. The van der Waals surface area contributed by atoms with E-state index in [0.29, 0.717) is 0 Å². The minimum Gasteiger partial charge on any atom is -0.352 e. The predicted octanol–water partition coefficient (Wildman–Crippen LogP) is -0.583. The molecule has 1 aliphatic carbocycles. The molecule has 0 aromatic carbocycles. The molecule has 2 aliphatic rings. The second-order valence-corrected chi connectivity index (χ2v) is 4.58. The Balaban J connectivity index is 1.97. The van der Waals surface area contributed by atoms with Gasteiger partial charge in [0, 0.05) is 6.04 Å². The summed E-state index contributed by atoms with van der Waals surface area (Å²) in [5.41, 5.74) is 0. The first-order valence-corrected chi connectivity index (χ1v) is 6.04. The zero-order valence-electron chi connectivity index (χ0n) is 9.82. The molecule has 7 heteroatoms. The molecular weight excluding hydrogens is 238 g/mol. The molecule has 0 radical (unpaired) electrons. The van der Waals surface area contributed by atoms with Crippen molar-refractivity contribution < 1.29 is 19.2 Å². The Labute approximate surface area is 104 Å². The summed E-state index contributed by atoms with van der Waals surface area (Å²) >= 11 is 0. The highest BCUT2D eigenvalue weighted by Crippen LogP contribution is 2.18. The Morgan fingerprint density at radius 1 is 1.00 bits per heavy atom. The first-order valence-electron chi connectivity index (χ1n) is 6.04. The minimum atomic E-state index is -1.47. The van der Waals surface area contributed by atoms with Gasteiger partial charge in [-0.15, -0.1) is 0 Å². The van der Waals surface area contributed by atoms with Crippen molar-refractivity contribution in [2.24, 2.45) is 5.92 Å². The molecule has 1 aliphatic heterocycles. The summed E-state index contributed by atoms with van der Waals surface area (Å²) < 4.78 is 0. The highest BCUT2D eigenvalue weighted by molar-refractivity contribution is 6.26. The van der Waals surface area contributed by atoms with E-state index in [-0.39, 0.29) is 6.04 Å². The summed E-state index contributed by atoms with van der Waals surface area (Å²) in [4.78, 5) is 45.6. The number of carbonyl (C=O) groups excluding carboxylic acids is 4. The molecule has 0 spiro atoms. The van der Waals surface area contributed by atoms with Gasteiger partial charge >= 0.3 is 6.03 Å². The van der Waals surface area contributed by atoms with Crippen LogP contribution in [0.25, 0.3) is 0 Å². The van der Waals surface area contributed by atoms with Crippen molar-refractivity contribution in [3.63, 3.8) is 0 Å². The molecule has 3 N–H and O–H groups in total. The van der Waals surface area contributed by atoms with Crippen molar-refractivity contribution in [3.8, 4) is 0 Å². The van der Waals surface area contributed by atoms with Crippen LogP contribution in [0.1, 0.15) is 32.1 Å². The Hall–Kier alpha value is -1.92. The first-order chi connectivity index (χ1) is 8.58. The molecule has 1 heterocycles. The summed E-state index contributed by atoms with van der Waals surface area (Å²) in [7, 11) is 0. The zero-order valence-corrected chi connectivity index (χ0v) is 9.82. The van der Waals surface area contributed by atoms with Gasteiger partial charge < -0.3 is 5.32 Å². The molecule has 0 atom stereocenters. The van der Waals surface area contributed by atoms with Crippen LogP contribution < -0.4 is 16.0 Å². The second kappa shape index (κ2) is 5.16. The van der Waals surface area contributed by atoms with Gasteiger partial charge in [0.2, 0.25) is 17.7 Å². The van der Waals surface area contributed by atoms with Crippen LogP contribution in [0.15, 0.2) is 0 Å². The number of amides is 5. The van der Waals surface area contributed by atoms with E-state index >= 15 is 0 Å². The van der Waals surface area contributed by atoms with Crippen LogP contribution in [0.5, 0.6) is 0 Å². The van der Waals surface area contributed by atoms with Gasteiger partial charge in [-0.3, -0.25) is 25.0 Å². The van der Waals surface area contributed by atoms with Gasteiger partial charge in [0.15, 0.2) is 5.92 Å². The minimum absolute atomic E-state index is 0.0180. The molecule has 98 valence electrons. The Morgan fingerprint density at radius 2 is 1.56 bits per heavy atom. The zero-order chi connectivity index (χ0) is 13.1. The number of rotatable bonds is 2. The monoisotopic (exact) mass is 253 g/mol. The summed E-state index contributed by atoms with van der Waals surface area (Å²) in [5.74, 6) is -3.83. The lowest BCUT2D eigenvalue weighted by atomic mass is 9.94. The lowest BCUT2D eigenvalue weighted by molar-refractivity contribution is -0.143. The number of urea groups is 1. The molecule has 0 bridgehead atoms. The fourth-order valence-corrected chi connectivity index (χ4v) is 2.29. The predicted molar refractivity (Wildman–Crippen MR) is 60.2 cm³/mol. The number of imide groups is 2. The van der Waals surface area contributed by atoms with Gasteiger partial charge in [-0.2, -0.15) is 0 Å². The van der Waals surface area contributed by atoms with E-state index in [4.69, 9.17) is 0 Å². The van der Waals surface area contributed by atoms with E-state index in [0.717, 1.165) is 32.1 Å². The van der Waals surface area contributed by atoms with Crippen LogP contribution in [0, 0.1) is 5.92 Å². The molecule has 2 fully saturated rings. The SMILES string of the molecule is O=C1NC(=O)C(C(=O)NC2CCCCC2)C(=O)N1. The molecule has 0 unspecified atom stereocenters. The lowest BCUT2D eigenvalue weighted by Crippen LogP contribution is -2.60. The maximum Gasteiger partial charge on any atom is 0.328 e. The molecule has 5 amide bonds. The Bertz CT molecular complexity index is 381. The molecule has 1 saturated heterocycles. The number of hydrogen-bond donors (Lipinski definition) is 3. The molecule has 0 aromatic heterocycles. The average molecular weight is 253 g/mol. The van der Waals surface area contributed by atoms with E-state index < -0.39 is 29.7 Å². The van der Waals surface area contributed by atoms with Gasteiger partial charge in [0.1, 0.15) is 0 Å². The average Bonchev–Trinajstić information content (AvgIpc) is 2.28. The fraction of sp³-hybridized carbons (Fsp3) is 0.636. The van der Waals surface area contributed by atoms with E-state index in [1.54, 1.807) is 0 Å². The number of carbonyl (C=O) groups is 4. The fourth-order valence-electron chi connectivity index (χ4n) is 2.29. The van der Waals surface area contributed by atoms with Crippen molar-refractivity contribution in [1.82, 2.24) is 16.0 Å². The van der Waals surface area contributed by atoms with Crippen molar-refractivity contribution in [2.75, 3.05) is 0 Å². The van der Waals surface area contributed by atoms with E-state index in [1.807, 2.05) is 10.6 Å². The number of hydrogen-bond acceptors (Lipinski definition) is 4. The Morgan fingerprint density at radius 3 is 2.11 bits per heavy atom. The van der Waals surface area contributed by atoms with Crippen LogP contribution in [0.4, 0.5) is 4.79 Å². The summed E-state index contributed by atoms with van der Waals surface area (Å²) in [6, 6.07) is -0.865. The third-order valence-corrected chi connectivity index (χ3v) is 3.21. The first kappa shape index (κ1) is 12.5. The quantitative estimate of drug-likeness (QED) is 0.572. The van der Waals surface area contributed by atoms with Crippen molar-refractivity contribution in [2.45, 2.75) is 38.1 Å². The van der Waals surface area contributed by atoms with E-state index in [9.17, 15) is 19.2 Å². The standard InChI is InChI=1S/C11H15N3O4/c15-8(12-6-4-2-1-3-5-6)7-9(16)13-11(18)14-10(7)17/h6-7H,1-5H2,(H,12,15)(H2,13,14,16,17,18). The smallest absolute Gasteiger partial charge is 0.328 e. The van der Waals surface area contributed by atoms with Crippen molar-refractivity contribution in [3.05, 3.63) is 0 Å². The van der Waals surface area contributed by atoms with Gasteiger partial charge in [-0.1, -0.05) is 19.3 Å². The number of nitrogens with one attached hydrogen (secondary N) is 3. The van der Waals surface area contributed by atoms with E-state index in [1.165, 1.54) is 0 Å². The third kappa shape index (κ3) is 2.66. The summed E-state index contributed by atoms with van der Waals surface area (Å²) in [5, 5.41) is 6.51. The molecular formula is C11H15N3O4. The molecule has 0 aromatic rings.